The molecule has 0 atom stereocenters. The Labute approximate surface area is 85.0 Å². The first-order valence-corrected chi connectivity index (χ1v) is 4.79. The molecule has 0 radical (unpaired) electrons. The van der Waals surface area contributed by atoms with Crippen LogP contribution in [0.4, 0.5) is 5.95 Å². The minimum absolute atomic E-state index is 0.691. The molecule has 1 heterocycles. The van der Waals surface area contributed by atoms with Gasteiger partial charge < -0.3 is 5.32 Å². The highest BCUT2D eigenvalue weighted by Gasteiger charge is 1.93. The lowest BCUT2D eigenvalue weighted by molar-refractivity contribution is 0.784. The van der Waals surface area contributed by atoms with Gasteiger partial charge in [-0.3, -0.25) is 0 Å². The second kappa shape index (κ2) is 5.98. The van der Waals surface area contributed by atoms with Crippen molar-refractivity contribution < 1.29 is 0 Å². The van der Waals surface area contributed by atoms with Crippen LogP contribution in [0.1, 0.15) is 24.8 Å². The summed E-state index contributed by atoms with van der Waals surface area (Å²) in [5.41, 5.74) is 1.07. The fourth-order valence-electron chi connectivity index (χ4n) is 1.04. The van der Waals surface area contributed by atoms with Crippen LogP contribution in [0.15, 0.2) is 12.4 Å². The van der Waals surface area contributed by atoms with Crippen LogP contribution in [0.25, 0.3) is 0 Å². The number of nitrogens with one attached hydrogen (secondary N) is 1. The predicted molar refractivity (Wildman–Crippen MR) is 57.9 cm³/mol. The van der Waals surface area contributed by atoms with Gasteiger partial charge in [-0.05, 0) is 25.3 Å². The molecule has 0 aliphatic rings. The molecule has 1 rings (SSSR count). The summed E-state index contributed by atoms with van der Waals surface area (Å²) in [6.45, 7) is 2.85. The summed E-state index contributed by atoms with van der Waals surface area (Å²) < 4.78 is 0. The van der Waals surface area contributed by atoms with Crippen molar-refractivity contribution in [2.45, 2.75) is 26.2 Å². The minimum atomic E-state index is 0.691. The van der Waals surface area contributed by atoms with Gasteiger partial charge in [0.1, 0.15) is 0 Å². The first kappa shape index (κ1) is 10.5. The number of aromatic nitrogens is 2. The minimum Gasteiger partial charge on any atom is -0.354 e. The Balaban J connectivity index is 2.19. The van der Waals surface area contributed by atoms with Crippen LogP contribution in [0.2, 0.25) is 0 Å². The van der Waals surface area contributed by atoms with E-state index in [1.54, 1.807) is 12.4 Å². The van der Waals surface area contributed by atoms with Crippen LogP contribution in [-0.2, 0) is 0 Å². The van der Waals surface area contributed by atoms with Gasteiger partial charge >= 0.3 is 0 Å². The van der Waals surface area contributed by atoms with Crippen molar-refractivity contribution in [3.8, 4) is 12.3 Å². The highest BCUT2D eigenvalue weighted by molar-refractivity contribution is 5.23. The zero-order valence-electron chi connectivity index (χ0n) is 8.45. The molecule has 0 unspecified atom stereocenters. The molecule has 0 spiro atoms. The van der Waals surface area contributed by atoms with E-state index in [4.69, 9.17) is 6.42 Å². The van der Waals surface area contributed by atoms with Crippen molar-refractivity contribution in [3.63, 3.8) is 0 Å². The monoisotopic (exact) mass is 189 g/mol. The van der Waals surface area contributed by atoms with Crippen LogP contribution in [0.3, 0.4) is 0 Å². The predicted octanol–water partition coefficient (Wildman–Crippen LogP) is 2.00. The third-order valence-electron chi connectivity index (χ3n) is 1.81. The number of hydrogen-bond donors (Lipinski definition) is 1. The lowest BCUT2D eigenvalue weighted by atomic mass is 10.2. The van der Waals surface area contributed by atoms with Crippen molar-refractivity contribution >= 4 is 5.95 Å². The van der Waals surface area contributed by atoms with E-state index in [2.05, 4.69) is 21.2 Å². The Bertz CT molecular complexity index is 297. The van der Waals surface area contributed by atoms with Gasteiger partial charge in [0.2, 0.25) is 5.95 Å². The van der Waals surface area contributed by atoms with Gasteiger partial charge in [-0.25, -0.2) is 9.97 Å². The van der Waals surface area contributed by atoms with Crippen molar-refractivity contribution in [2.75, 3.05) is 11.9 Å². The summed E-state index contributed by atoms with van der Waals surface area (Å²) in [5.74, 6) is 3.31. The second-order valence-corrected chi connectivity index (χ2v) is 3.17. The molecule has 0 aliphatic carbocycles. The van der Waals surface area contributed by atoms with E-state index < -0.39 is 0 Å². The van der Waals surface area contributed by atoms with E-state index in [1.165, 1.54) is 0 Å². The van der Waals surface area contributed by atoms with Crippen molar-refractivity contribution in [2.24, 2.45) is 0 Å². The summed E-state index contributed by atoms with van der Waals surface area (Å²) in [5, 5.41) is 3.14. The molecule has 0 aliphatic heterocycles. The summed E-state index contributed by atoms with van der Waals surface area (Å²) in [6, 6.07) is 0. The lowest BCUT2D eigenvalue weighted by Crippen LogP contribution is -2.04. The highest BCUT2D eigenvalue weighted by atomic mass is 15.1. The van der Waals surface area contributed by atoms with E-state index >= 15 is 0 Å². The van der Waals surface area contributed by atoms with Crippen LogP contribution in [-0.4, -0.2) is 16.5 Å². The molecule has 14 heavy (non-hydrogen) atoms. The number of rotatable bonds is 5. The third-order valence-corrected chi connectivity index (χ3v) is 1.81. The molecule has 1 aromatic heterocycles. The zero-order valence-corrected chi connectivity index (χ0v) is 8.45. The molecule has 0 saturated heterocycles. The quantitative estimate of drug-likeness (QED) is 0.568. The Kier molecular flexibility index (Phi) is 4.49. The van der Waals surface area contributed by atoms with E-state index in [1.807, 2.05) is 6.92 Å². The Hall–Kier alpha value is -1.56. The topological polar surface area (TPSA) is 37.8 Å². The molecular weight excluding hydrogens is 174 g/mol. The third kappa shape index (κ3) is 3.90. The zero-order chi connectivity index (χ0) is 10.2. The van der Waals surface area contributed by atoms with Gasteiger partial charge in [0.15, 0.2) is 0 Å². The van der Waals surface area contributed by atoms with Crippen LogP contribution in [0.5, 0.6) is 0 Å². The molecule has 3 heteroatoms. The Morgan fingerprint density at radius 2 is 2.07 bits per heavy atom. The fraction of sp³-hybridized carbons (Fsp3) is 0.455. The Morgan fingerprint density at radius 1 is 1.36 bits per heavy atom. The number of terminal acetylenes is 1. The van der Waals surface area contributed by atoms with E-state index in [0.29, 0.717) is 5.95 Å². The van der Waals surface area contributed by atoms with Gasteiger partial charge in [0, 0.05) is 25.4 Å². The van der Waals surface area contributed by atoms with Gasteiger partial charge in [-0.15, -0.1) is 12.3 Å². The number of nitrogens with zero attached hydrogens (tertiary/aromatic N) is 2. The summed E-state index contributed by atoms with van der Waals surface area (Å²) in [7, 11) is 0. The molecule has 1 N–H and O–H groups in total. The van der Waals surface area contributed by atoms with Crippen LogP contribution < -0.4 is 5.32 Å². The number of anilines is 1. The molecule has 3 nitrogen and oxygen atoms in total. The normalized spacial score (nSPS) is 9.43. The van der Waals surface area contributed by atoms with Gasteiger partial charge in [0.25, 0.3) is 0 Å². The van der Waals surface area contributed by atoms with Gasteiger partial charge in [-0.2, -0.15) is 0 Å². The second-order valence-electron chi connectivity index (χ2n) is 3.17. The number of unbranched alkanes of at least 4 members (excludes halogenated alkanes) is 2. The molecule has 0 bridgehead atoms. The summed E-state index contributed by atoms with van der Waals surface area (Å²) in [4.78, 5) is 8.27. The molecule has 0 fully saturated rings. The molecular formula is C11H15N3. The molecule has 1 aromatic rings. The lowest BCUT2D eigenvalue weighted by Gasteiger charge is -2.02. The van der Waals surface area contributed by atoms with E-state index in [-0.39, 0.29) is 0 Å². The van der Waals surface area contributed by atoms with Crippen molar-refractivity contribution in [1.29, 1.82) is 0 Å². The highest BCUT2D eigenvalue weighted by Crippen LogP contribution is 1.99. The average Bonchev–Trinajstić information content (AvgIpc) is 2.21. The van der Waals surface area contributed by atoms with Crippen LogP contribution >= 0.6 is 0 Å². The maximum absolute atomic E-state index is 5.14. The molecule has 0 saturated carbocycles. The smallest absolute Gasteiger partial charge is 0.222 e. The maximum Gasteiger partial charge on any atom is 0.222 e. The number of hydrogen-bond acceptors (Lipinski definition) is 3. The molecule has 0 amide bonds. The average molecular weight is 189 g/mol. The first-order valence-electron chi connectivity index (χ1n) is 4.79. The van der Waals surface area contributed by atoms with E-state index in [9.17, 15) is 0 Å². The standard InChI is InChI=1S/C11H15N3/c1-3-4-5-6-7-12-11-13-8-10(2)9-14-11/h1,8-9H,4-7H2,2H3,(H,12,13,14). The first-order chi connectivity index (χ1) is 6.83. The maximum atomic E-state index is 5.14. The molecule has 74 valence electrons. The van der Waals surface area contributed by atoms with Crippen molar-refractivity contribution in [3.05, 3.63) is 18.0 Å². The van der Waals surface area contributed by atoms with Gasteiger partial charge in [0.05, 0.1) is 0 Å². The summed E-state index contributed by atoms with van der Waals surface area (Å²) in [6.07, 6.45) is 11.7. The fourth-order valence-corrected chi connectivity index (χ4v) is 1.04. The largest absolute Gasteiger partial charge is 0.354 e. The van der Waals surface area contributed by atoms with Crippen LogP contribution in [0, 0.1) is 19.3 Å². The molecule has 0 aromatic carbocycles. The SMILES string of the molecule is C#CCCCCNc1ncc(C)cn1. The van der Waals surface area contributed by atoms with E-state index in [0.717, 1.165) is 31.4 Å². The Morgan fingerprint density at radius 3 is 2.71 bits per heavy atom. The van der Waals surface area contributed by atoms with Crippen molar-refractivity contribution in [1.82, 2.24) is 9.97 Å². The van der Waals surface area contributed by atoms with Gasteiger partial charge in [-0.1, -0.05) is 0 Å². The summed E-state index contributed by atoms with van der Waals surface area (Å²) >= 11 is 0. The number of aryl methyl sites for hydroxylation is 1.